The molecule has 5 atom stereocenters. The number of para-hydroxylation sites is 2. The summed E-state index contributed by atoms with van der Waals surface area (Å²) in [5.74, 6) is 0.0724. The standard InChI is InChI=1S/C66H78N4O9S2/c1-10-52(71)24-19-42(6)80-81-66(7,8)26-25-61(73)68-62(39(2)3)57(72)28-41(5)63(74)67-49-30-43(37-78-58-34-45-20-22-50-32-47-15-11-13-17-55(47)69(50)64(75)53(45)27-40(58)4)29-44(31-49)38-79-60-35-46-21-23-51-33-48-16-12-14-18-56(48)70(51)65(76)54(46)36-59(60)77-9/h11-18,27,29-31,34-36,39,41-42,50-51,62H,10,19-26,28,32-33,37-38H2,1-9H3,(H,67,74)(H,68,73)/t41-,42?,50-,51-,62+/m1/s1. The molecule has 0 saturated carbocycles. The number of carbonyl (C=O) groups excluding carboxylic acids is 6. The molecule has 0 aliphatic carbocycles. The lowest BCUT2D eigenvalue weighted by molar-refractivity contribution is -0.131. The van der Waals surface area contributed by atoms with Crippen LogP contribution in [0.25, 0.3) is 0 Å². The predicted octanol–water partition coefficient (Wildman–Crippen LogP) is 13.0. The number of amides is 4. The first-order valence-corrected chi connectivity index (χ1v) is 31.1. The van der Waals surface area contributed by atoms with Crippen LogP contribution in [0.1, 0.15) is 159 Å². The van der Waals surface area contributed by atoms with Gasteiger partial charge in [0.05, 0.1) is 13.2 Å². The highest BCUT2D eigenvalue weighted by Gasteiger charge is 2.39. The molecule has 5 aromatic rings. The fourth-order valence-corrected chi connectivity index (χ4v) is 14.3. The molecule has 0 spiro atoms. The van der Waals surface area contributed by atoms with Gasteiger partial charge in [0.1, 0.15) is 24.7 Å². The molecular formula is C66H78N4O9S2. The Morgan fingerprint density at radius 2 is 1.28 bits per heavy atom. The highest BCUT2D eigenvalue weighted by atomic mass is 33.1. The predicted molar refractivity (Wildman–Crippen MR) is 324 cm³/mol. The summed E-state index contributed by atoms with van der Waals surface area (Å²) in [5, 5.41) is 6.37. The van der Waals surface area contributed by atoms with Crippen LogP contribution in [0, 0.1) is 18.8 Å². The number of rotatable bonds is 24. The van der Waals surface area contributed by atoms with E-state index in [1.165, 1.54) is 11.1 Å². The summed E-state index contributed by atoms with van der Waals surface area (Å²) >= 11 is 0. The number of carbonyl (C=O) groups is 6. The molecule has 0 saturated heterocycles. The van der Waals surface area contributed by atoms with Crippen molar-refractivity contribution in [3.8, 4) is 17.2 Å². The number of methoxy groups -OCH3 is 1. The van der Waals surface area contributed by atoms with E-state index in [0.29, 0.717) is 65.0 Å². The van der Waals surface area contributed by atoms with Gasteiger partial charge in [0, 0.05) is 81.9 Å². The zero-order chi connectivity index (χ0) is 57.7. The summed E-state index contributed by atoms with van der Waals surface area (Å²) in [6.45, 7) is 15.9. The zero-order valence-electron chi connectivity index (χ0n) is 48.4. The summed E-state index contributed by atoms with van der Waals surface area (Å²) in [6, 6.07) is 28.9. The van der Waals surface area contributed by atoms with Gasteiger partial charge in [-0.05, 0) is 172 Å². The Morgan fingerprint density at radius 1 is 0.716 bits per heavy atom. The summed E-state index contributed by atoms with van der Waals surface area (Å²) in [7, 11) is 5.02. The van der Waals surface area contributed by atoms with Gasteiger partial charge >= 0.3 is 0 Å². The van der Waals surface area contributed by atoms with Crippen molar-refractivity contribution in [1.82, 2.24) is 5.32 Å². The Morgan fingerprint density at radius 3 is 1.86 bits per heavy atom. The molecule has 9 rings (SSSR count). The van der Waals surface area contributed by atoms with Gasteiger partial charge in [0.15, 0.2) is 17.3 Å². The molecule has 5 aromatic carbocycles. The summed E-state index contributed by atoms with van der Waals surface area (Å²) in [5.41, 5.74) is 10.2. The number of ketones is 2. The number of nitrogens with one attached hydrogen (secondary N) is 2. The van der Waals surface area contributed by atoms with Gasteiger partial charge in [-0.3, -0.25) is 28.8 Å². The van der Waals surface area contributed by atoms with Crippen LogP contribution in [0.3, 0.4) is 0 Å². The van der Waals surface area contributed by atoms with Crippen LogP contribution < -0.4 is 34.6 Å². The van der Waals surface area contributed by atoms with Crippen LogP contribution in [0.15, 0.2) is 91.0 Å². The van der Waals surface area contributed by atoms with Crippen LogP contribution in [0.4, 0.5) is 17.1 Å². The molecule has 1 unspecified atom stereocenters. The van der Waals surface area contributed by atoms with Crippen LogP contribution in [-0.4, -0.2) is 70.4 Å². The van der Waals surface area contributed by atoms with Crippen LogP contribution in [-0.2, 0) is 58.1 Å². The lowest BCUT2D eigenvalue weighted by Crippen LogP contribution is -2.45. The normalized spacial score (nSPS) is 17.3. The Bertz CT molecular complexity index is 3210. The van der Waals surface area contributed by atoms with E-state index in [2.05, 4.69) is 43.5 Å². The fraction of sp³-hybridized carbons (Fsp3) is 0.455. The lowest BCUT2D eigenvalue weighted by Gasteiger charge is -2.26. The van der Waals surface area contributed by atoms with E-state index in [9.17, 15) is 28.8 Å². The molecule has 4 aliphatic heterocycles. The van der Waals surface area contributed by atoms with Crippen molar-refractivity contribution in [3.63, 3.8) is 0 Å². The Labute approximate surface area is 485 Å². The minimum Gasteiger partial charge on any atom is -0.493 e. The third-order valence-corrected chi connectivity index (χ3v) is 20.3. The SMILES string of the molecule is CCC(=O)CCC(C)SSC(C)(C)CCC(=O)N[C@H](C(=O)C[C@@H](C)C(=O)Nc1cc(COc2cc3c(cc2C)C(=O)N2c4ccccc4C[C@H]2CC3)cc(COc2cc3c(cc2OC)C(=O)N2c4ccccc4C[C@H]2CC3)c1)C(C)C. The number of ether oxygens (including phenoxy) is 3. The van der Waals surface area contributed by atoms with E-state index in [0.717, 1.165) is 77.7 Å². The Kier molecular flexibility index (Phi) is 18.7. The molecular weight excluding hydrogens is 1060 g/mol. The number of nitrogens with zero attached hydrogens (tertiary/aromatic N) is 2. The van der Waals surface area contributed by atoms with E-state index in [-0.39, 0.29) is 84.0 Å². The molecule has 2 N–H and O–H groups in total. The van der Waals surface area contributed by atoms with Gasteiger partial charge in [-0.1, -0.05) is 92.6 Å². The van der Waals surface area contributed by atoms with Crippen molar-refractivity contribution in [3.05, 3.63) is 141 Å². The molecule has 13 nitrogen and oxygen atoms in total. The maximum atomic E-state index is 14.2. The van der Waals surface area contributed by atoms with Gasteiger partial charge in [-0.15, -0.1) is 0 Å². The summed E-state index contributed by atoms with van der Waals surface area (Å²) in [6.07, 6.45) is 7.42. The van der Waals surface area contributed by atoms with Gasteiger partial charge in [-0.2, -0.15) is 0 Å². The van der Waals surface area contributed by atoms with Crippen LogP contribution in [0.5, 0.6) is 17.2 Å². The molecule has 81 heavy (non-hydrogen) atoms. The molecule has 0 bridgehead atoms. The lowest BCUT2D eigenvalue weighted by atomic mass is 9.92. The van der Waals surface area contributed by atoms with Crippen molar-refractivity contribution in [2.45, 2.75) is 174 Å². The third kappa shape index (κ3) is 13.9. The molecule has 0 fully saturated rings. The number of hydrogen-bond donors (Lipinski definition) is 2. The first kappa shape index (κ1) is 59.1. The third-order valence-electron chi connectivity index (χ3n) is 16.3. The highest BCUT2D eigenvalue weighted by molar-refractivity contribution is 8.77. The number of hydrogen-bond acceptors (Lipinski definition) is 11. The number of fused-ring (bicyclic) bond motifs is 8. The van der Waals surface area contributed by atoms with Gasteiger partial charge in [0.2, 0.25) is 11.8 Å². The van der Waals surface area contributed by atoms with Gasteiger partial charge < -0.3 is 34.6 Å². The molecule has 4 heterocycles. The van der Waals surface area contributed by atoms with Crippen LogP contribution >= 0.6 is 21.6 Å². The fourth-order valence-electron chi connectivity index (χ4n) is 11.6. The first-order valence-electron chi connectivity index (χ1n) is 28.8. The smallest absolute Gasteiger partial charge is 0.258 e. The summed E-state index contributed by atoms with van der Waals surface area (Å²) in [4.78, 5) is 85.6. The molecule has 0 aromatic heterocycles. The highest BCUT2D eigenvalue weighted by Crippen LogP contribution is 2.44. The average molecular weight is 1140 g/mol. The van der Waals surface area contributed by atoms with Crippen LogP contribution in [0.2, 0.25) is 0 Å². The quantitative estimate of drug-likeness (QED) is 0.0566. The number of benzene rings is 5. The van der Waals surface area contributed by atoms with Gasteiger partial charge in [-0.25, -0.2) is 0 Å². The Balaban J connectivity index is 0.895. The number of anilines is 3. The van der Waals surface area contributed by atoms with Crippen molar-refractivity contribution < 1.29 is 43.0 Å². The summed E-state index contributed by atoms with van der Waals surface area (Å²) < 4.78 is 18.8. The maximum Gasteiger partial charge on any atom is 0.258 e. The second kappa shape index (κ2) is 25.7. The second-order valence-electron chi connectivity index (χ2n) is 23.5. The largest absolute Gasteiger partial charge is 0.493 e. The monoisotopic (exact) mass is 1130 g/mol. The maximum absolute atomic E-state index is 14.2. The van der Waals surface area contributed by atoms with E-state index in [4.69, 9.17) is 14.2 Å². The van der Waals surface area contributed by atoms with Crippen molar-refractivity contribution in [1.29, 1.82) is 0 Å². The minimum absolute atomic E-state index is 0.00797. The van der Waals surface area contributed by atoms with Crippen molar-refractivity contribution in [2.24, 2.45) is 11.8 Å². The first-order chi connectivity index (χ1) is 38.8. The molecule has 4 amide bonds. The topological polar surface area (TPSA) is 161 Å². The van der Waals surface area contributed by atoms with E-state index >= 15 is 0 Å². The molecule has 15 heteroatoms. The number of Topliss-reactive ketones (excluding diaryl/α,β-unsaturated/α-hetero) is 2. The molecule has 4 aliphatic rings. The van der Waals surface area contributed by atoms with Gasteiger partial charge in [0.25, 0.3) is 11.8 Å². The van der Waals surface area contributed by atoms with E-state index in [1.54, 1.807) is 41.7 Å². The van der Waals surface area contributed by atoms with E-state index in [1.807, 2.05) is 110 Å². The zero-order valence-corrected chi connectivity index (χ0v) is 50.0. The van der Waals surface area contributed by atoms with Crippen molar-refractivity contribution in [2.75, 3.05) is 22.2 Å². The van der Waals surface area contributed by atoms with E-state index < -0.39 is 12.0 Å². The minimum atomic E-state index is -0.765. The second-order valence-corrected chi connectivity index (χ2v) is 26.8. The number of aryl methyl sites for hydroxylation is 3. The Hall–Kier alpha value is -6.58. The molecule has 428 valence electrons. The van der Waals surface area contributed by atoms with Crippen molar-refractivity contribution >= 4 is 73.8 Å². The average Bonchev–Trinajstić information content (AvgIpc) is 4.19. The molecule has 0 radical (unpaired) electrons.